The van der Waals surface area contributed by atoms with E-state index in [1.807, 2.05) is 19.9 Å². The van der Waals surface area contributed by atoms with Gasteiger partial charge in [-0.25, -0.2) is 4.21 Å². The second-order valence-corrected chi connectivity index (χ2v) is 5.80. The summed E-state index contributed by atoms with van der Waals surface area (Å²) < 4.78 is 15.3. The number of aryl methyl sites for hydroxylation is 1. The first kappa shape index (κ1) is 13.0. The average Bonchev–Trinajstić information content (AvgIpc) is 2.14. The molecule has 0 heterocycles. The number of halogens is 2. The van der Waals surface area contributed by atoms with Crippen molar-refractivity contribution in [3.63, 3.8) is 0 Å². The molecule has 1 atom stereocenters. The minimum atomic E-state index is -1.03. The van der Waals surface area contributed by atoms with E-state index in [-0.39, 0.29) is 0 Å². The first-order valence-corrected chi connectivity index (χ1v) is 7.14. The molecule has 2 nitrogen and oxygen atoms in total. The summed E-state index contributed by atoms with van der Waals surface area (Å²) in [6.45, 7) is 3.93. The van der Waals surface area contributed by atoms with Crippen LogP contribution in [0.2, 0.25) is 5.02 Å². The lowest BCUT2D eigenvalue weighted by Crippen LogP contribution is -2.08. The highest BCUT2D eigenvalue weighted by Crippen LogP contribution is 2.29. The quantitative estimate of drug-likeness (QED) is 0.898. The van der Waals surface area contributed by atoms with Crippen molar-refractivity contribution in [2.75, 3.05) is 10.5 Å². The van der Waals surface area contributed by atoms with E-state index >= 15 is 0 Å². The summed E-state index contributed by atoms with van der Waals surface area (Å²) in [5, 5.41) is 0.675. The molecule has 0 aliphatic rings. The van der Waals surface area contributed by atoms with Crippen molar-refractivity contribution in [3.05, 3.63) is 27.2 Å². The third kappa shape index (κ3) is 3.78. The summed E-state index contributed by atoms with van der Waals surface area (Å²) >= 11 is 9.39. The van der Waals surface area contributed by atoms with Gasteiger partial charge in [0.25, 0.3) is 0 Å². The van der Waals surface area contributed by atoms with Gasteiger partial charge in [-0.05, 0) is 47.0 Å². The Balaban J connectivity index is 2.86. The van der Waals surface area contributed by atoms with Gasteiger partial charge in [0.15, 0.2) is 0 Å². The van der Waals surface area contributed by atoms with Crippen LogP contribution in [0, 0.1) is 6.92 Å². The fourth-order valence-electron chi connectivity index (χ4n) is 1.08. The van der Waals surface area contributed by atoms with Crippen LogP contribution >= 0.6 is 27.5 Å². The van der Waals surface area contributed by atoms with Crippen molar-refractivity contribution in [1.29, 1.82) is 0 Å². The Hall–Kier alpha value is -0.0600. The van der Waals surface area contributed by atoms with Crippen molar-refractivity contribution >= 4 is 44.2 Å². The van der Waals surface area contributed by atoms with E-state index in [1.54, 1.807) is 6.07 Å². The summed E-state index contributed by atoms with van der Waals surface area (Å²) in [6, 6.07) is 3.70. The molecular weight excluding hydrogens is 298 g/mol. The van der Waals surface area contributed by atoms with Crippen LogP contribution in [-0.4, -0.2) is 9.96 Å². The van der Waals surface area contributed by atoms with Crippen LogP contribution in [0.25, 0.3) is 0 Å². The van der Waals surface area contributed by atoms with Gasteiger partial charge < -0.3 is 4.72 Å². The fourth-order valence-corrected chi connectivity index (χ4v) is 2.82. The van der Waals surface area contributed by atoms with Gasteiger partial charge in [0.2, 0.25) is 0 Å². The van der Waals surface area contributed by atoms with Gasteiger partial charge in [-0.15, -0.1) is 0 Å². The Morgan fingerprint density at radius 1 is 1.53 bits per heavy atom. The minimum Gasteiger partial charge on any atom is -0.304 e. The highest BCUT2D eigenvalue weighted by molar-refractivity contribution is 9.10. The molecule has 0 aliphatic carbocycles. The summed E-state index contributed by atoms with van der Waals surface area (Å²) in [7, 11) is -1.03. The van der Waals surface area contributed by atoms with Crippen LogP contribution in [-0.2, 0) is 11.0 Å². The summed E-state index contributed by atoms with van der Waals surface area (Å²) in [5.41, 5.74) is 1.77. The SMILES string of the molecule is CCCS(=O)Nc1cc(Cl)c(C)cc1Br. The zero-order valence-electron chi connectivity index (χ0n) is 8.64. The molecule has 0 radical (unpaired) electrons. The van der Waals surface area contributed by atoms with Crippen molar-refractivity contribution < 1.29 is 4.21 Å². The van der Waals surface area contributed by atoms with Gasteiger partial charge in [-0.2, -0.15) is 0 Å². The molecule has 84 valence electrons. The first-order valence-electron chi connectivity index (χ1n) is 4.65. The van der Waals surface area contributed by atoms with Crippen molar-refractivity contribution in [3.8, 4) is 0 Å². The predicted molar refractivity (Wildman–Crippen MR) is 70.8 cm³/mol. The van der Waals surface area contributed by atoms with Gasteiger partial charge in [0, 0.05) is 15.2 Å². The molecule has 0 bridgehead atoms. The van der Waals surface area contributed by atoms with Crippen LogP contribution in [0.1, 0.15) is 18.9 Å². The largest absolute Gasteiger partial charge is 0.304 e. The van der Waals surface area contributed by atoms with Crippen LogP contribution in [0.5, 0.6) is 0 Å². The zero-order chi connectivity index (χ0) is 11.4. The highest BCUT2D eigenvalue weighted by atomic mass is 79.9. The van der Waals surface area contributed by atoms with Crippen LogP contribution in [0.15, 0.2) is 16.6 Å². The zero-order valence-corrected chi connectivity index (χ0v) is 11.8. The molecule has 0 aliphatic heterocycles. The molecule has 0 saturated heterocycles. The molecular formula is C10H13BrClNOS. The van der Waals surface area contributed by atoms with Crippen LogP contribution in [0.4, 0.5) is 5.69 Å². The Bertz CT molecular complexity index is 384. The van der Waals surface area contributed by atoms with E-state index in [4.69, 9.17) is 11.6 Å². The number of benzene rings is 1. The third-order valence-electron chi connectivity index (χ3n) is 1.86. The van der Waals surface area contributed by atoms with Gasteiger partial charge in [-0.1, -0.05) is 18.5 Å². The Morgan fingerprint density at radius 2 is 2.20 bits per heavy atom. The van der Waals surface area contributed by atoms with Gasteiger partial charge in [-0.3, -0.25) is 0 Å². The number of rotatable bonds is 4. The maximum Gasteiger partial charge on any atom is 0.117 e. The molecule has 15 heavy (non-hydrogen) atoms. The maximum absolute atomic E-state index is 11.5. The molecule has 0 saturated carbocycles. The minimum absolute atomic E-state index is 0.637. The molecule has 0 aromatic heterocycles. The number of nitrogens with one attached hydrogen (secondary N) is 1. The van der Waals surface area contributed by atoms with E-state index in [0.717, 1.165) is 22.1 Å². The molecule has 1 aromatic carbocycles. The topological polar surface area (TPSA) is 29.1 Å². The van der Waals surface area contributed by atoms with Crippen molar-refractivity contribution in [1.82, 2.24) is 0 Å². The van der Waals surface area contributed by atoms with Gasteiger partial charge in [0.05, 0.1) is 5.69 Å². The number of anilines is 1. The van der Waals surface area contributed by atoms with Gasteiger partial charge >= 0.3 is 0 Å². The maximum atomic E-state index is 11.5. The monoisotopic (exact) mass is 309 g/mol. The smallest absolute Gasteiger partial charge is 0.117 e. The average molecular weight is 311 g/mol. The molecule has 1 unspecified atom stereocenters. The lowest BCUT2D eigenvalue weighted by molar-refractivity contribution is 0.685. The molecule has 0 spiro atoms. The fraction of sp³-hybridized carbons (Fsp3) is 0.400. The number of hydrogen-bond acceptors (Lipinski definition) is 1. The Morgan fingerprint density at radius 3 is 2.80 bits per heavy atom. The molecule has 5 heteroatoms. The van der Waals surface area contributed by atoms with E-state index in [0.29, 0.717) is 10.8 Å². The predicted octanol–water partition coefficient (Wildman–Crippen LogP) is 3.90. The molecule has 1 N–H and O–H groups in total. The normalized spacial score (nSPS) is 12.5. The summed E-state index contributed by atoms with van der Waals surface area (Å²) in [4.78, 5) is 0. The second-order valence-electron chi connectivity index (χ2n) is 3.23. The first-order chi connectivity index (χ1) is 7.04. The Labute approximate surface area is 106 Å². The van der Waals surface area contributed by atoms with Crippen LogP contribution < -0.4 is 4.72 Å². The summed E-state index contributed by atoms with van der Waals surface area (Å²) in [6.07, 6.45) is 0.886. The summed E-state index contributed by atoms with van der Waals surface area (Å²) in [5.74, 6) is 0.637. The second kappa shape index (κ2) is 5.87. The van der Waals surface area contributed by atoms with Gasteiger partial charge in [0.1, 0.15) is 11.0 Å². The molecule has 1 aromatic rings. The van der Waals surface area contributed by atoms with Crippen LogP contribution in [0.3, 0.4) is 0 Å². The van der Waals surface area contributed by atoms with E-state index in [1.165, 1.54) is 0 Å². The molecule has 0 fully saturated rings. The Kier molecular flexibility index (Phi) is 5.09. The lowest BCUT2D eigenvalue weighted by atomic mass is 10.2. The van der Waals surface area contributed by atoms with Crippen molar-refractivity contribution in [2.45, 2.75) is 20.3 Å². The third-order valence-corrected chi connectivity index (χ3v) is 4.15. The van der Waals surface area contributed by atoms with E-state index in [9.17, 15) is 4.21 Å². The molecule has 0 amide bonds. The van der Waals surface area contributed by atoms with E-state index < -0.39 is 11.0 Å². The molecule has 1 rings (SSSR count). The lowest BCUT2D eigenvalue weighted by Gasteiger charge is -2.09. The van der Waals surface area contributed by atoms with Crippen molar-refractivity contribution in [2.24, 2.45) is 0 Å². The van der Waals surface area contributed by atoms with E-state index in [2.05, 4.69) is 20.7 Å². The highest BCUT2D eigenvalue weighted by Gasteiger charge is 2.06. The number of hydrogen-bond donors (Lipinski definition) is 1. The standard InChI is InChI=1S/C10H13BrClNOS/c1-3-4-15(14)13-10-6-9(12)7(2)5-8(10)11/h5-6,13H,3-4H2,1-2H3.